The second-order valence-electron chi connectivity index (χ2n) is 10.0. The third-order valence-corrected chi connectivity index (χ3v) is 7.34. The molecule has 4 rings (SSSR count). The second kappa shape index (κ2) is 14.6. The number of rotatable bonds is 13. The molecule has 0 radical (unpaired) electrons. The third-order valence-electron chi connectivity index (χ3n) is 7.34. The Bertz CT molecular complexity index is 1170. The highest BCUT2D eigenvalue weighted by Crippen LogP contribution is 2.33. The van der Waals surface area contributed by atoms with E-state index in [9.17, 15) is 14.4 Å². The molecule has 1 aromatic heterocycles. The van der Waals surface area contributed by atoms with E-state index in [4.69, 9.17) is 18.6 Å². The standard InChI is InChI=1S/C30H39N3O7/c1-37-24-13-12-22(18-26(24)38-2)28(30(36)31-19-23-10-6-16-39-23)33(15-14-21-8-4-3-5-9-21)27(34)20-32-29(35)25-11-7-17-40-25/h7-8,11-13,17-18,23,28H,3-6,9-10,14-16,19-20H2,1-2H3,(H,31,36)(H,32,35)/t23-,28-/m1/s1. The Morgan fingerprint density at radius 3 is 2.60 bits per heavy atom. The van der Waals surface area contributed by atoms with Crippen molar-refractivity contribution in [2.75, 3.05) is 40.5 Å². The van der Waals surface area contributed by atoms with Crippen LogP contribution in [0.3, 0.4) is 0 Å². The van der Waals surface area contributed by atoms with E-state index in [1.54, 1.807) is 36.3 Å². The highest BCUT2D eigenvalue weighted by atomic mass is 16.5. The van der Waals surface area contributed by atoms with Gasteiger partial charge in [-0.05, 0) is 74.8 Å². The van der Waals surface area contributed by atoms with Gasteiger partial charge in [-0.25, -0.2) is 0 Å². The molecule has 216 valence electrons. The molecule has 40 heavy (non-hydrogen) atoms. The Balaban J connectivity index is 1.62. The fourth-order valence-corrected chi connectivity index (χ4v) is 5.16. The van der Waals surface area contributed by atoms with Crippen LogP contribution in [0.15, 0.2) is 52.7 Å². The predicted molar refractivity (Wildman–Crippen MR) is 148 cm³/mol. The van der Waals surface area contributed by atoms with E-state index in [0.29, 0.717) is 43.2 Å². The largest absolute Gasteiger partial charge is 0.493 e. The van der Waals surface area contributed by atoms with Gasteiger partial charge in [-0.3, -0.25) is 14.4 Å². The van der Waals surface area contributed by atoms with Gasteiger partial charge in [0, 0.05) is 19.7 Å². The van der Waals surface area contributed by atoms with E-state index in [2.05, 4.69) is 16.7 Å². The molecule has 0 unspecified atom stereocenters. The molecular formula is C30H39N3O7. The maximum atomic E-state index is 13.8. The van der Waals surface area contributed by atoms with Gasteiger partial charge in [-0.2, -0.15) is 0 Å². The summed E-state index contributed by atoms with van der Waals surface area (Å²) < 4.78 is 21.7. The Hall–Kier alpha value is -3.79. The predicted octanol–water partition coefficient (Wildman–Crippen LogP) is 3.78. The lowest BCUT2D eigenvalue weighted by atomic mass is 9.96. The number of furan rings is 1. The molecule has 1 aliphatic heterocycles. The summed E-state index contributed by atoms with van der Waals surface area (Å²) in [7, 11) is 3.07. The average Bonchev–Trinajstić information content (AvgIpc) is 3.72. The minimum atomic E-state index is -0.960. The average molecular weight is 554 g/mol. The minimum absolute atomic E-state index is 0.0564. The first-order chi connectivity index (χ1) is 19.5. The summed E-state index contributed by atoms with van der Waals surface area (Å²) in [5.41, 5.74) is 1.85. The monoisotopic (exact) mass is 553 g/mol. The smallest absolute Gasteiger partial charge is 0.287 e. The molecule has 1 aliphatic carbocycles. The summed E-state index contributed by atoms with van der Waals surface area (Å²) in [6.45, 7) is 1.05. The minimum Gasteiger partial charge on any atom is -0.493 e. The van der Waals surface area contributed by atoms with Gasteiger partial charge in [0.15, 0.2) is 17.3 Å². The van der Waals surface area contributed by atoms with Crippen molar-refractivity contribution in [3.05, 3.63) is 59.6 Å². The van der Waals surface area contributed by atoms with Crippen LogP contribution >= 0.6 is 0 Å². The molecule has 3 amide bonds. The topological polar surface area (TPSA) is 119 Å². The van der Waals surface area contributed by atoms with Crippen LogP contribution in [0.25, 0.3) is 0 Å². The molecule has 10 heteroatoms. The zero-order valence-electron chi connectivity index (χ0n) is 23.3. The number of hydrogen-bond acceptors (Lipinski definition) is 7. The molecule has 1 saturated heterocycles. The van der Waals surface area contributed by atoms with Gasteiger partial charge in [0.25, 0.3) is 5.91 Å². The number of nitrogens with zero attached hydrogens (tertiary/aromatic N) is 1. The summed E-state index contributed by atoms with van der Waals surface area (Å²) in [6, 6.07) is 7.37. The lowest BCUT2D eigenvalue weighted by molar-refractivity contribution is -0.140. The number of hydrogen-bond donors (Lipinski definition) is 2. The number of nitrogens with one attached hydrogen (secondary N) is 2. The molecule has 2 aromatic rings. The van der Waals surface area contributed by atoms with Crippen LogP contribution in [0, 0.1) is 0 Å². The van der Waals surface area contributed by atoms with Crippen LogP contribution in [0.2, 0.25) is 0 Å². The van der Waals surface area contributed by atoms with Gasteiger partial charge in [-0.15, -0.1) is 0 Å². The first-order valence-electron chi connectivity index (χ1n) is 13.9. The highest BCUT2D eigenvalue weighted by Gasteiger charge is 2.33. The van der Waals surface area contributed by atoms with Crippen LogP contribution in [-0.2, 0) is 14.3 Å². The van der Waals surface area contributed by atoms with Gasteiger partial charge < -0.3 is 34.2 Å². The van der Waals surface area contributed by atoms with Crippen molar-refractivity contribution in [1.29, 1.82) is 0 Å². The Labute approximate surface area is 235 Å². The maximum absolute atomic E-state index is 13.8. The van der Waals surface area contributed by atoms with Crippen LogP contribution in [0.5, 0.6) is 11.5 Å². The number of carbonyl (C=O) groups excluding carboxylic acids is 3. The van der Waals surface area contributed by atoms with Crippen molar-refractivity contribution < 1.29 is 33.0 Å². The van der Waals surface area contributed by atoms with Crippen molar-refractivity contribution in [3.63, 3.8) is 0 Å². The third kappa shape index (κ3) is 7.65. The Morgan fingerprint density at radius 1 is 1.07 bits per heavy atom. The summed E-state index contributed by atoms with van der Waals surface area (Å²) in [4.78, 5) is 41.6. The van der Waals surface area contributed by atoms with Gasteiger partial charge >= 0.3 is 0 Å². The van der Waals surface area contributed by atoms with E-state index < -0.39 is 11.9 Å². The molecule has 2 N–H and O–H groups in total. The van der Waals surface area contributed by atoms with Gasteiger partial charge in [-0.1, -0.05) is 17.7 Å². The highest BCUT2D eigenvalue weighted by molar-refractivity contribution is 5.95. The molecule has 2 aliphatic rings. The van der Waals surface area contributed by atoms with Crippen LogP contribution in [-0.4, -0.2) is 69.2 Å². The SMILES string of the molecule is COc1ccc([C@H](C(=O)NC[C@H]2CCCO2)N(CCC2=CCCCC2)C(=O)CNC(=O)c2ccco2)cc1OC. The number of methoxy groups -OCH3 is 2. The van der Waals surface area contributed by atoms with E-state index in [1.807, 2.05) is 0 Å². The van der Waals surface area contributed by atoms with Crippen molar-refractivity contribution in [2.45, 2.75) is 57.1 Å². The summed E-state index contributed by atoms with van der Waals surface area (Å²) >= 11 is 0. The number of allylic oxidation sites excluding steroid dienone is 1. The lowest BCUT2D eigenvalue weighted by Gasteiger charge is -2.32. The normalized spacial score (nSPS) is 17.4. The van der Waals surface area contributed by atoms with Crippen LogP contribution < -0.4 is 20.1 Å². The van der Waals surface area contributed by atoms with Crippen LogP contribution in [0.4, 0.5) is 0 Å². The van der Waals surface area contributed by atoms with Crippen molar-refractivity contribution in [2.24, 2.45) is 0 Å². The molecule has 1 fully saturated rings. The van der Waals surface area contributed by atoms with E-state index >= 15 is 0 Å². The first kappa shape index (κ1) is 29.2. The molecule has 2 heterocycles. The zero-order valence-corrected chi connectivity index (χ0v) is 23.3. The van der Waals surface area contributed by atoms with Crippen molar-refractivity contribution in [1.82, 2.24) is 15.5 Å². The maximum Gasteiger partial charge on any atom is 0.287 e. The Morgan fingerprint density at radius 2 is 1.93 bits per heavy atom. The van der Waals surface area contributed by atoms with Gasteiger partial charge in [0.1, 0.15) is 6.04 Å². The van der Waals surface area contributed by atoms with Gasteiger partial charge in [0.2, 0.25) is 11.8 Å². The second-order valence-corrected chi connectivity index (χ2v) is 10.0. The van der Waals surface area contributed by atoms with Gasteiger partial charge in [0.05, 0.1) is 33.1 Å². The fourth-order valence-electron chi connectivity index (χ4n) is 5.16. The molecule has 0 spiro atoms. The molecule has 10 nitrogen and oxygen atoms in total. The Kier molecular flexibility index (Phi) is 10.6. The van der Waals surface area contributed by atoms with Crippen LogP contribution in [0.1, 0.15) is 67.1 Å². The lowest BCUT2D eigenvalue weighted by Crippen LogP contribution is -2.48. The quantitative estimate of drug-likeness (QED) is 0.362. The van der Waals surface area contributed by atoms with Crippen molar-refractivity contribution in [3.8, 4) is 11.5 Å². The number of ether oxygens (including phenoxy) is 3. The molecular weight excluding hydrogens is 514 g/mol. The molecule has 2 atom stereocenters. The number of carbonyl (C=O) groups is 3. The van der Waals surface area contributed by atoms with E-state index in [0.717, 1.165) is 38.5 Å². The molecule has 0 saturated carbocycles. The summed E-state index contributed by atoms with van der Waals surface area (Å²) in [5.74, 6) is -0.142. The van der Waals surface area contributed by atoms with E-state index in [-0.39, 0.29) is 30.2 Å². The fraction of sp³-hybridized carbons (Fsp3) is 0.500. The summed E-state index contributed by atoms with van der Waals surface area (Å²) in [6.07, 6.45) is 10.3. The molecule has 1 aromatic carbocycles. The molecule has 0 bridgehead atoms. The first-order valence-corrected chi connectivity index (χ1v) is 13.9. The van der Waals surface area contributed by atoms with Crippen molar-refractivity contribution >= 4 is 17.7 Å². The van der Waals surface area contributed by atoms with E-state index in [1.165, 1.54) is 25.0 Å². The number of amides is 3. The zero-order chi connectivity index (χ0) is 28.3. The number of benzene rings is 1. The summed E-state index contributed by atoms with van der Waals surface area (Å²) in [5, 5.41) is 5.63.